The van der Waals surface area contributed by atoms with E-state index in [4.69, 9.17) is 23.2 Å². The molecule has 3 heteroatoms. The van der Waals surface area contributed by atoms with Gasteiger partial charge in [-0.3, -0.25) is 0 Å². The molecule has 0 aromatic carbocycles. The van der Waals surface area contributed by atoms with E-state index >= 15 is 0 Å². The molecule has 14 heavy (non-hydrogen) atoms. The molecular formula is C11H16Cl2S. The number of thiophene rings is 1. The number of halogens is 2. The lowest BCUT2D eigenvalue weighted by Gasteiger charge is -2.31. The van der Waals surface area contributed by atoms with Crippen LogP contribution in [0.15, 0.2) is 12.1 Å². The molecule has 1 atom stereocenters. The molecule has 0 nitrogen and oxygen atoms in total. The van der Waals surface area contributed by atoms with Crippen molar-refractivity contribution in [3.8, 4) is 0 Å². The van der Waals surface area contributed by atoms with E-state index in [0.717, 1.165) is 10.8 Å². The summed E-state index contributed by atoms with van der Waals surface area (Å²) in [6.07, 6.45) is 1.02. The van der Waals surface area contributed by atoms with Gasteiger partial charge in [0.25, 0.3) is 0 Å². The van der Waals surface area contributed by atoms with Gasteiger partial charge in [-0.05, 0) is 29.9 Å². The molecule has 1 aromatic rings. The Kier molecular flexibility index (Phi) is 4.30. The molecule has 0 N–H and O–H groups in total. The van der Waals surface area contributed by atoms with Crippen LogP contribution in [0.1, 0.15) is 25.6 Å². The number of hydrogen-bond donors (Lipinski definition) is 0. The van der Waals surface area contributed by atoms with Crippen LogP contribution >= 0.6 is 34.5 Å². The highest BCUT2D eigenvalue weighted by Gasteiger charge is 2.28. The molecule has 0 fully saturated rings. The molecular weight excluding hydrogens is 235 g/mol. The lowest BCUT2D eigenvalue weighted by Crippen LogP contribution is -2.27. The van der Waals surface area contributed by atoms with E-state index in [1.54, 1.807) is 11.3 Å². The minimum absolute atomic E-state index is 0.176. The number of rotatable bonds is 4. The van der Waals surface area contributed by atoms with Gasteiger partial charge in [-0.2, -0.15) is 0 Å². The molecule has 1 heterocycles. The Labute approximate surface area is 100 Å². The summed E-state index contributed by atoms with van der Waals surface area (Å²) in [4.78, 5) is 1.33. The third-order valence-corrected chi connectivity index (χ3v) is 4.75. The maximum atomic E-state index is 6.03. The predicted octanol–water partition coefficient (Wildman–Crippen LogP) is 4.85. The Morgan fingerprint density at radius 1 is 1.43 bits per heavy atom. The monoisotopic (exact) mass is 250 g/mol. The van der Waals surface area contributed by atoms with Gasteiger partial charge in [-0.1, -0.05) is 32.4 Å². The normalized spacial score (nSPS) is 15.9. The first-order chi connectivity index (χ1) is 6.48. The van der Waals surface area contributed by atoms with Crippen molar-refractivity contribution < 1.29 is 0 Å². The minimum atomic E-state index is 0.176. The van der Waals surface area contributed by atoms with E-state index in [1.165, 1.54) is 4.88 Å². The molecule has 80 valence electrons. The van der Waals surface area contributed by atoms with Crippen LogP contribution in [-0.2, 0) is 6.42 Å². The summed E-state index contributed by atoms with van der Waals surface area (Å²) in [5.74, 6) is 1.28. The average Bonchev–Trinajstić information content (AvgIpc) is 2.50. The summed E-state index contributed by atoms with van der Waals surface area (Å²) in [5, 5.41) is 0. The van der Waals surface area contributed by atoms with Crippen molar-refractivity contribution in [2.24, 2.45) is 11.3 Å². The Morgan fingerprint density at radius 2 is 2.07 bits per heavy atom. The van der Waals surface area contributed by atoms with E-state index in [0.29, 0.717) is 11.8 Å². The lowest BCUT2D eigenvalue weighted by molar-refractivity contribution is 0.255. The molecule has 1 unspecified atom stereocenters. The van der Waals surface area contributed by atoms with Crippen molar-refractivity contribution in [3.05, 3.63) is 21.3 Å². The minimum Gasteiger partial charge on any atom is -0.128 e. The standard InChI is InChI=1S/C11H16Cl2S/c1-8(2)11(3,7-12)6-9-4-5-10(13)14-9/h4-5,8H,6-7H2,1-3H3. The Balaban J connectivity index is 2.75. The highest BCUT2D eigenvalue weighted by atomic mass is 35.5. The molecule has 0 bridgehead atoms. The molecule has 1 aromatic heterocycles. The van der Waals surface area contributed by atoms with Crippen molar-refractivity contribution in [3.63, 3.8) is 0 Å². The second-order valence-electron chi connectivity index (χ2n) is 4.32. The van der Waals surface area contributed by atoms with Crippen LogP contribution in [-0.4, -0.2) is 5.88 Å². The molecule has 0 aliphatic carbocycles. The first kappa shape index (κ1) is 12.4. The molecule has 0 spiro atoms. The first-order valence-electron chi connectivity index (χ1n) is 4.78. The number of hydrogen-bond acceptors (Lipinski definition) is 1. The van der Waals surface area contributed by atoms with E-state index in [-0.39, 0.29) is 5.41 Å². The fourth-order valence-electron chi connectivity index (χ4n) is 1.25. The highest BCUT2D eigenvalue weighted by Crippen LogP contribution is 2.35. The molecule has 0 aliphatic rings. The van der Waals surface area contributed by atoms with Gasteiger partial charge in [0.2, 0.25) is 0 Å². The van der Waals surface area contributed by atoms with Gasteiger partial charge in [0.1, 0.15) is 0 Å². The van der Waals surface area contributed by atoms with Crippen molar-refractivity contribution in [1.29, 1.82) is 0 Å². The van der Waals surface area contributed by atoms with Crippen LogP contribution in [0.3, 0.4) is 0 Å². The second kappa shape index (κ2) is 4.87. The van der Waals surface area contributed by atoms with Crippen molar-refractivity contribution >= 4 is 34.5 Å². The number of alkyl halides is 1. The topological polar surface area (TPSA) is 0 Å². The molecule has 0 aliphatic heterocycles. The zero-order valence-electron chi connectivity index (χ0n) is 8.81. The molecule has 0 saturated heterocycles. The third-order valence-electron chi connectivity index (χ3n) is 2.91. The Bertz CT molecular complexity index is 293. The van der Waals surface area contributed by atoms with Crippen LogP contribution < -0.4 is 0 Å². The van der Waals surface area contributed by atoms with Gasteiger partial charge in [-0.25, -0.2) is 0 Å². The van der Waals surface area contributed by atoms with Crippen LogP contribution in [0, 0.1) is 11.3 Å². The van der Waals surface area contributed by atoms with E-state index in [9.17, 15) is 0 Å². The third kappa shape index (κ3) is 2.88. The van der Waals surface area contributed by atoms with Gasteiger partial charge in [-0.15, -0.1) is 22.9 Å². The SMILES string of the molecule is CC(C)C(C)(CCl)Cc1ccc(Cl)s1. The van der Waals surface area contributed by atoms with Crippen LogP contribution in [0.5, 0.6) is 0 Å². The Morgan fingerprint density at radius 3 is 2.43 bits per heavy atom. The van der Waals surface area contributed by atoms with E-state index < -0.39 is 0 Å². The van der Waals surface area contributed by atoms with Crippen molar-refractivity contribution in [1.82, 2.24) is 0 Å². The summed E-state index contributed by atoms with van der Waals surface area (Å²) in [6, 6.07) is 4.05. The lowest BCUT2D eigenvalue weighted by atomic mass is 9.78. The van der Waals surface area contributed by atoms with Gasteiger partial charge in [0.15, 0.2) is 0 Å². The van der Waals surface area contributed by atoms with E-state index in [1.807, 2.05) is 6.07 Å². The summed E-state index contributed by atoms with van der Waals surface area (Å²) < 4.78 is 0.862. The summed E-state index contributed by atoms with van der Waals surface area (Å²) in [6.45, 7) is 6.67. The maximum absolute atomic E-state index is 6.03. The summed E-state index contributed by atoms with van der Waals surface area (Å²) >= 11 is 13.6. The van der Waals surface area contributed by atoms with Crippen LogP contribution in [0.25, 0.3) is 0 Å². The first-order valence-corrected chi connectivity index (χ1v) is 6.51. The average molecular weight is 251 g/mol. The molecule has 0 amide bonds. The van der Waals surface area contributed by atoms with Crippen LogP contribution in [0.4, 0.5) is 0 Å². The highest BCUT2D eigenvalue weighted by molar-refractivity contribution is 7.16. The second-order valence-corrected chi connectivity index (χ2v) is 6.39. The molecule has 1 rings (SSSR count). The Hall–Kier alpha value is 0.280. The van der Waals surface area contributed by atoms with Gasteiger partial charge in [0, 0.05) is 10.8 Å². The maximum Gasteiger partial charge on any atom is 0.0931 e. The van der Waals surface area contributed by atoms with Gasteiger partial charge in [0.05, 0.1) is 4.34 Å². The van der Waals surface area contributed by atoms with Crippen molar-refractivity contribution in [2.75, 3.05) is 5.88 Å². The molecule has 0 radical (unpaired) electrons. The quantitative estimate of drug-likeness (QED) is 0.671. The predicted molar refractivity (Wildman–Crippen MR) is 66.7 cm³/mol. The van der Waals surface area contributed by atoms with Crippen LogP contribution in [0.2, 0.25) is 4.34 Å². The zero-order valence-corrected chi connectivity index (χ0v) is 11.1. The van der Waals surface area contributed by atoms with Crippen molar-refractivity contribution in [2.45, 2.75) is 27.2 Å². The molecule has 0 saturated carbocycles. The smallest absolute Gasteiger partial charge is 0.0931 e. The summed E-state index contributed by atoms with van der Waals surface area (Å²) in [5.41, 5.74) is 0.176. The van der Waals surface area contributed by atoms with Gasteiger partial charge < -0.3 is 0 Å². The fraction of sp³-hybridized carbons (Fsp3) is 0.636. The summed E-state index contributed by atoms with van der Waals surface area (Å²) in [7, 11) is 0. The van der Waals surface area contributed by atoms with E-state index in [2.05, 4.69) is 26.8 Å². The zero-order chi connectivity index (χ0) is 10.8. The largest absolute Gasteiger partial charge is 0.128 e. The van der Waals surface area contributed by atoms with Gasteiger partial charge >= 0.3 is 0 Å². The fourth-order valence-corrected chi connectivity index (χ4v) is 2.94.